The van der Waals surface area contributed by atoms with Gasteiger partial charge in [0.2, 0.25) is 11.8 Å². The number of nitrogens with one attached hydrogen (secondary N) is 3. The van der Waals surface area contributed by atoms with Crippen molar-refractivity contribution in [3.05, 3.63) is 0 Å². The van der Waals surface area contributed by atoms with Crippen molar-refractivity contribution in [1.82, 2.24) is 20.9 Å². The molecule has 102 valence electrons. The van der Waals surface area contributed by atoms with Crippen LogP contribution in [0.5, 0.6) is 0 Å². The van der Waals surface area contributed by atoms with Crippen LogP contribution in [-0.4, -0.2) is 54.5 Å². The fourth-order valence-corrected chi connectivity index (χ4v) is 1.67. The third-order valence-electron chi connectivity index (χ3n) is 2.65. The van der Waals surface area contributed by atoms with Gasteiger partial charge < -0.3 is 10.6 Å². The Bertz CT molecular complexity index is 343. The third kappa shape index (κ3) is 4.33. The minimum atomic E-state index is -0.511. The Kier molecular flexibility index (Phi) is 5.08. The maximum atomic E-state index is 11.8. The SMILES string of the molecule is CC(C)NC(=O)NC(=O)C(C)N1CCNC(=O)C1. The fraction of sp³-hybridized carbons (Fsp3) is 0.727. The Morgan fingerprint density at radius 2 is 2.00 bits per heavy atom. The van der Waals surface area contributed by atoms with Crippen LogP contribution < -0.4 is 16.0 Å². The van der Waals surface area contributed by atoms with Gasteiger partial charge in [0.15, 0.2) is 0 Å². The van der Waals surface area contributed by atoms with Crippen molar-refractivity contribution in [3.63, 3.8) is 0 Å². The van der Waals surface area contributed by atoms with E-state index in [1.165, 1.54) is 0 Å². The average Bonchev–Trinajstić information content (AvgIpc) is 2.26. The maximum absolute atomic E-state index is 11.8. The van der Waals surface area contributed by atoms with Crippen LogP contribution in [0.1, 0.15) is 20.8 Å². The molecule has 1 heterocycles. The van der Waals surface area contributed by atoms with Crippen LogP contribution >= 0.6 is 0 Å². The van der Waals surface area contributed by atoms with Gasteiger partial charge in [-0.25, -0.2) is 4.79 Å². The lowest BCUT2D eigenvalue weighted by molar-refractivity contribution is -0.129. The van der Waals surface area contributed by atoms with Crippen LogP contribution in [0, 0.1) is 0 Å². The van der Waals surface area contributed by atoms with Crippen molar-refractivity contribution in [2.24, 2.45) is 0 Å². The van der Waals surface area contributed by atoms with Gasteiger partial charge in [0.1, 0.15) is 0 Å². The molecule has 0 bridgehead atoms. The van der Waals surface area contributed by atoms with E-state index in [9.17, 15) is 14.4 Å². The second-order valence-electron chi connectivity index (χ2n) is 4.61. The first-order chi connectivity index (χ1) is 8.40. The van der Waals surface area contributed by atoms with E-state index in [2.05, 4.69) is 16.0 Å². The Labute approximate surface area is 106 Å². The largest absolute Gasteiger partial charge is 0.354 e. The van der Waals surface area contributed by atoms with Crippen LogP contribution in [0.3, 0.4) is 0 Å². The van der Waals surface area contributed by atoms with Gasteiger partial charge in [-0.3, -0.25) is 19.8 Å². The minimum Gasteiger partial charge on any atom is -0.354 e. The number of carbonyl (C=O) groups is 3. The number of hydrogen-bond donors (Lipinski definition) is 3. The first kappa shape index (κ1) is 14.4. The molecular weight excluding hydrogens is 236 g/mol. The number of hydrogen-bond acceptors (Lipinski definition) is 4. The number of rotatable bonds is 3. The fourth-order valence-electron chi connectivity index (χ4n) is 1.67. The van der Waals surface area contributed by atoms with Crippen molar-refractivity contribution in [2.45, 2.75) is 32.9 Å². The zero-order chi connectivity index (χ0) is 13.7. The van der Waals surface area contributed by atoms with E-state index in [0.29, 0.717) is 13.1 Å². The van der Waals surface area contributed by atoms with Crippen molar-refractivity contribution < 1.29 is 14.4 Å². The van der Waals surface area contributed by atoms with Gasteiger partial charge in [-0.15, -0.1) is 0 Å². The molecule has 0 aromatic heterocycles. The molecule has 4 amide bonds. The smallest absolute Gasteiger partial charge is 0.321 e. The van der Waals surface area contributed by atoms with Crippen molar-refractivity contribution >= 4 is 17.8 Å². The number of urea groups is 1. The van der Waals surface area contributed by atoms with Crippen molar-refractivity contribution in [1.29, 1.82) is 0 Å². The van der Waals surface area contributed by atoms with Gasteiger partial charge >= 0.3 is 6.03 Å². The molecule has 0 aromatic rings. The molecule has 1 atom stereocenters. The molecule has 18 heavy (non-hydrogen) atoms. The highest BCUT2D eigenvalue weighted by Gasteiger charge is 2.26. The molecule has 7 heteroatoms. The van der Waals surface area contributed by atoms with Crippen LogP contribution in [0.15, 0.2) is 0 Å². The first-order valence-electron chi connectivity index (χ1n) is 6.02. The third-order valence-corrected chi connectivity index (χ3v) is 2.65. The molecule has 0 radical (unpaired) electrons. The number of piperazine rings is 1. The molecule has 7 nitrogen and oxygen atoms in total. The molecule has 1 unspecified atom stereocenters. The van der Waals surface area contributed by atoms with E-state index in [1.54, 1.807) is 11.8 Å². The van der Waals surface area contributed by atoms with Gasteiger partial charge in [-0.05, 0) is 20.8 Å². The van der Waals surface area contributed by atoms with E-state index >= 15 is 0 Å². The Balaban J connectivity index is 2.45. The normalized spacial score (nSPS) is 18.1. The summed E-state index contributed by atoms with van der Waals surface area (Å²) in [7, 11) is 0. The van der Waals surface area contributed by atoms with Crippen molar-refractivity contribution in [3.8, 4) is 0 Å². The zero-order valence-corrected chi connectivity index (χ0v) is 10.9. The Hall–Kier alpha value is -1.63. The topological polar surface area (TPSA) is 90.5 Å². The highest BCUT2D eigenvalue weighted by atomic mass is 16.2. The molecule has 1 fully saturated rings. The highest BCUT2D eigenvalue weighted by molar-refractivity contribution is 5.97. The zero-order valence-electron chi connectivity index (χ0n) is 10.9. The second kappa shape index (κ2) is 6.34. The summed E-state index contributed by atoms with van der Waals surface area (Å²) in [4.78, 5) is 36.1. The van der Waals surface area contributed by atoms with E-state index in [1.807, 2.05) is 13.8 Å². The molecule has 1 rings (SSSR count). The predicted octanol–water partition coefficient (Wildman–Crippen LogP) is -0.959. The lowest BCUT2D eigenvalue weighted by atomic mass is 10.2. The maximum Gasteiger partial charge on any atom is 0.321 e. The van der Waals surface area contributed by atoms with Gasteiger partial charge in [0.25, 0.3) is 0 Å². The Morgan fingerprint density at radius 1 is 1.33 bits per heavy atom. The van der Waals surface area contributed by atoms with E-state index in [-0.39, 0.29) is 18.5 Å². The summed E-state index contributed by atoms with van der Waals surface area (Å²) in [5.74, 6) is -0.504. The van der Waals surface area contributed by atoms with E-state index in [0.717, 1.165) is 0 Å². The summed E-state index contributed by atoms with van der Waals surface area (Å²) in [5, 5.41) is 7.51. The number of amides is 4. The first-order valence-corrected chi connectivity index (χ1v) is 6.02. The van der Waals surface area contributed by atoms with E-state index in [4.69, 9.17) is 0 Å². The molecule has 1 saturated heterocycles. The number of carbonyl (C=O) groups excluding carboxylic acids is 3. The summed E-state index contributed by atoms with van der Waals surface area (Å²) >= 11 is 0. The van der Waals surface area contributed by atoms with Crippen LogP contribution in [0.2, 0.25) is 0 Å². The quantitative estimate of drug-likeness (QED) is 0.606. The molecule has 1 aliphatic rings. The lowest BCUT2D eigenvalue weighted by Crippen LogP contribution is -2.56. The van der Waals surface area contributed by atoms with Crippen LogP contribution in [0.25, 0.3) is 0 Å². The second-order valence-corrected chi connectivity index (χ2v) is 4.61. The Morgan fingerprint density at radius 3 is 2.56 bits per heavy atom. The summed E-state index contributed by atoms with van der Waals surface area (Å²) < 4.78 is 0. The number of imide groups is 1. The van der Waals surface area contributed by atoms with Crippen LogP contribution in [0.4, 0.5) is 4.79 Å². The lowest BCUT2D eigenvalue weighted by Gasteiger charge is -2.30. The summed E-state index contributed by atoms with van der Waals surface area (Å²) in [6.07, 6.45) is 0. The van der Waals surface area contributed by atoms with E-state index < -0.39 is 18.0 Å². The summed E-state index contributed by atoms with van der Waals surface area (Å²) in [5.41, 5.74) is 0. The minimum absolute atomic E-state index is 0.0335. The predicted molar refractivity (Wildman–Crippen MR) is 65.9 cm³/mol. The summed E-state index contributed by atoms with van der Waals surface area (Å²) in [6, 6.07) is -1.05. The van der Waals surface area contributed by atoms with Gasteiger partial charge in [0, 0.05) is 19.1 Å². The number of nitrogens with zero attached hydrogens (tertiary/aromatic N) is 1. The monoisotopic (exact) mass is 256 g/mol. The molecule has 0 spiro atoms. The summed E-state index contributed by atoms with van der Waals surface area (Å²) in [6.45, 7) is 6.60. The van der Waals surface area contributed by atoms with Crippen LogP contribution in [-0.2, 0) is 9.59 Å². The molecule has 0 saturated carbocycles. The van der Waals surface area contributed by atoms with Crippen molar-refractivity contribution in [2.75, 3.05) is 19.6 Å². The molecule has 1 aliphatic heterocycles. The van der Waals surface area contributed by atoms with Gasteiger partial charge in [-0.1, -0.05) is 0 Å². The standard InChI is InChI=1S/C11H20N4O3/c1-7(2)13-11(18)14-10(17)8(3)15-5-4-12-9(16)6-15/h7-8H,4-6H2,1-3H3,(H,12,16)(H2,13,14,17,18). The molecule has 3 N–H and O–H groups in total. The van der Waals surface area contributed by atoms with Gasteiger partial charge in [-0.2, -0.15) is 0 Å². The molecular formula is C11H20N4O3. The highest BCUT2D eigenvalue weighted by Crippen LogP contribution is 2.01. The molecule has 0 aliphatic carbocycles. The van der Waals surface area contributed by atoms with Gasteiger partial charge in [0.05, 0.1) is 12.6 Å². The molecule has 0 aromatic carbocycles. The average molecular weight is 256 g/mol.